The molecule has 0 radical (unpaired) electrons. The van der Waals surface area contributed by atoms with Gasteiger partial charge in [-0.1, -0.05) is 26.2 Å². The standard InChI is InChI=1S/C15H21FO3/c1-4-5-6-7-8-13(17)11-9-14(18-2)15(19-3)10-12(11)16/h9-10H,4-8H2,1-3H3. The largest absolute Gasteiger partial charge is 0.493 e. The number of ketones is 1. The number of methoxy groups -OCH3 is 2. The quantitative estimate of drug-likeness (QED) is 0.528. The SMILES string of the molecule is CCCCCCC(=O)c1cc(OC)c(OC)cc1F. The second kappa shape index (κ2) is 7.77. The molecule has 4 heteroatoms. The first-order chi connectivity index (χ1) is 9.13. The predicted octanol–water partition coefficient (Wildman–Crippen LogP) is 4.00. The summed E-state index contributed by atoms with van der Waals surface area (Å²) >= 11 is 0. The number of benzene rings is 1. The average molecular weight is 268 g/mol. The molecule has 0 saturated carbocycles. The summed E-state index contributed by atoms with van der Waals surface area (Å²) in [5.74, 6) is -0.0731. The maximum atomic E-state index is 13.8. The van der Waals surface area contributed by atoms with Gasteiger partial charge < -0.3 is 9.47 Å². The Balaban J connectivity index is 2.79. The van der Waals surface area contributed by atoms with Gasteiger partial charge in [-0.05, 0) is 12.5 Å². The number of rotatable bonds is 8. The normalized spacial score (nSPS) is 10.3. The number of carbonyl (C=O) groups is 1. The summed E-state index contributed by atoms with van der Waals surface area (Å²) in [6.07, 6.45) is 4.37. The number of hydrogen-bond acceptors (Lipinski definition) is 3. The van der Waals surface area contributed by atoms with Gasteiger partial charge in [0.15, 0.2) is 17.3 Å². The highest BCUT2D eigenvalue weighted by molar-refractivity contribution is 5.97. The molecule has 0 fully saturated rings. The lowest BCUT2D eigenvalue weighted by atomic mass is 10.0. The molecule has 0 aliphatic carbocycles. The van der Waals surface area contributed by atoms with Crippen LogP contribution in [0.15, 0.2) is 12.1 Å². The second-order valence-electron chi connectivity index (χ2n) is 4.42. The van der Waals surface area contributed by atoms with E-state index in [4.69, 9.17) is 9.47 Å². The number of carbonyl (C=O) groups excluding carboxylic acids is 1. The molecule has 0 aromatic heterocycles. The molecule has 0 aliphatic heterocycles. The van der Waals surface area contributed by atoms with Crippen molar-refractivity contribution in [3.63, 3.8) is 0 Å². The highest BCUT2D eigenvalue weighted by atomic mass is 19.1. The van der Waals surface area contributed by atoms with Crippen molar-refractivity contribution in [2.45, 2.75) is 39.0 Å². The van der Waals surface area contributed by atoms with Gasteiger partial charge in [-0.25, -0.2) is 4.39 Å². The molecule has 0 atom stereocenters. The monoisotopic (exact) mass is 268 g/mol. The van der Waals surface area contributed by atoms with Crippen molar-refractivity contribution >= 4 is 5.78 Å². The molecule has 0 unspecified atom stereocenters. The van der Waals surface area contributed by atoms with Gasteiger partial charge in [-0.15, -0.1) is 0 Å². The van der Waals surface area contributed by atoms with E-state index in [1.165, 1.54) is 26.4 Å². The molecule has 0 heterocycles. The Hall–Kier alpha value is -1.58. The molecule has 1 rings (SSSR count). The van der Waals surface area contributed by atoms with Gasteiger partial charge in [0.2, 0.25) is 0 Å². The fourth-order valence-corrected chi connectivity index (χ4v) is 1.91. The first kappa shape index (κ1) is 15.5. The Morgan fingerprint density at radius 3 is 2.32 bits per heavy atom. The lowest BCUT2D eigenvalue weighted by Gasteiger charge is -2.10. The molecule has 19 heavy (non-hydrogen) atoms. The third-order valence-corrected chi connectivity index (χ3v) is 3.03. The van der Waals surface area contributed by atoms with E-state index in [-0.39, 0.29) is 11.3 Å². The van der Waals surface area contributed by atoms with Crippen LogP contribution in [0.1, 0.15) is 49.4 Å². The lowest BCUT2D eigenvalue weighted by Crippen LogP contribution is -2.04. The Bertz CT molecular complexity index is 430. The van der Waals surface area contributed by atoms with Crippen molar-refractivity contribution in [3.8, 4) is 11.5 Å². The third-order valence-electron chi connectivity index (χ3n) is 3.03. The third kappa shape index (κ3) is 4.23. The van der Waals surface area contributed by atoms with E-state index in [2.05, 4.69) is 6.92 Å². The van der Waals surface area contributed by atoms with Crippen LogP contribution in [0.25, 0.3) is 0 Å². The van der Waals surface area contributed by atoms with Crippen molar-refractivity contribution < 1.29 is 18.7 Å². The van der Waals surface area contributed by atoms with E-state index in [0.717, 1.165) is 25.7 Å². The van der Waals surface area contributed by atoms with Crippen LogP contribution < -0.4 is 9.47 Å². The number of unbranched alkanes of at least 4 members (excludes halogenated alkanes) is 3. The van der Waals surface area contributed by atoms with Crippen LogP contribution in [0.2, 0.25) is 0 Å². The molecule has 3 nitrogen and oxygen atoms in total. The van der Waals surface area contributed by atoms with Crippen LogP contribution in [-0.4, -0.2) is 20.0 Å². The van der Waals surface area contributed by atoms with E-state index in [1.807, 2.05) is 0 Å². The Morgan fingerprint density at radius 1 is 1.11 bits per heavy atom. The summed E-state index contributed by atoms with van der Waals surface area (Å²) in [6, 6.07) is 2.61. The zero-order chi connectivity index (χ0) is 14.3. The van der Waals surface area contributed by atoms with Gasteiger partial charge in [-0.3, -0.25) is 4.79 Å². The molecule has 0 saturated heterocycles. The van der Waals surface area contributed by atoms with Crippen LogP contribution in [0.4, 0.5) is 4.39 Å². The number of hydrogen-bond donors (Lipinski definition) is 0. The van der Waals surface area contributed by atoms with E-state index >= 15 is 0 Å². The summed E-state index contributed by atoms with van der Waals surface area (Å²) in [7, 11) is 2.90. The first-order valence-corrected chi connectivity index (χ1v) is 6.58. The first-order valence-electron chi connectivity index (χ1n) is 6.58. The van der Waals surface area contributed by atoms with Crippen molar-refractivity contribution in [2.24, 2.45) is 0 Å². The summed E-state index contributed by atoms with van der Waals surface area (Å²) in [5, 5.41) is 0. The van der Waals surface area contributed by atoms with Gasteiger partial charge in [0, 0.05) is 12.5 Å². The molecule has 0 aliphatic rings. The molecule has 1 aromatic rings. The van der Waals surface area contributed by atoms with Gasteiger partial charge in [0.1, 0.15) is 5.82 Å². The zero-order valence-corrected chi connectivity index (χ0v) is 11.8. The summed E-state index contributed by atoms with van der Waals surface area (Å²) in [4.78, 5) is 12.0. The van der Waals surface area contributed by atoms with Gasteiger partial charge in [-0.2, -0.15) is 0 Å². The molecule has 0 bridgehead atoms. The molecule has 1 aromatic carbocycles. The molecule has 0 amide bonds. The van der Waals surface area contributed by atoms with E-state index < -0.39 is 5.82 Å². The van der Waals surface area contributed by atoms with Crippen molar-refractivity contribution in [1.82, 2.24) is 0 Å². The Morgan fingerprint density at radius 2 is 1.74 bits per heavy atom. The fraction of sp³-hybridized carbons (Fsp3) is 0.533. The highest BCUT2D eigenvalue weighted by Gasteiger charge is 2.16. The summed E-state index contributed by atoms with van der Waals surface area (Å²) < 4.78 is 23.9. The lowest BCUT2D eigenvalue weighted by molar-refractivity contribution is 0.0974. The number of ether oxygens (including phenoxy) is 2. The molecule has 0 N–H and O–H groups in total. The summed E-state index contributed by atoms with van der Waals surface area (Å²) in [5.41, 5.74) is 0.0779. The van der Waals surface area contributed by atoms with Crippen molar-refractivity contribution in [3.05, 3.63) is 23.5 Å². The molecule has 106 valence electrons. The predicted molar refractivity (Wildman–Crippen MR) is 72.6 cm³/mol. The van der Waals surface area contributed by atoms with Crippen LogP contribution in [0, 0.1) is 5.82 Å². The zero-order valence-electron chi connectivity index (χ0n) is 11.8. The smallest absolute Gasteiger partial charge is 0.165 e. The van der Waals surface area contributed by atoms with Crippen LogP contribution in [0.3, 0.4) is 0 Å². The van der Waals surface area contributed by atoms with Gasteiger partial charge in [0.05, 0.1) is 19.8 Å². The van der Waals surface area contributed by atoms with Crippen LogP contribution >= 0.6 is 0 Å². The van der Waals surface area contributed by atoms with E-state index in [0.29, 0.717) is 17.9 Å². The minimum atomic E-state index is -0.557. The Kier molecular flexibility index (Phi) is 6.33. The van der Waals surface area contributed by atoms with Crippen LogP contribution in [0.5, 0.6) is 11.5 Å². The average Bonchev–Trinajstić information content (AvgIpc) is 2.42. The molecular weight excluding hydrogens is 247 g/mol. The number of Topliss-reactive ketones (excluding diaryl/α,β-unsaturated/α-hetero) is 1. The minimum absolute atomic E-state index is 0.0779. The van der Waals surface area contributed by atoms with Crippen molar-refractivity contribution in [2.75, 3.05) is 14.2 Å². The number of halogens is 1. The highest BCUT2D eigenvalue weighted by Crippen LogP contribution is 2.30. The van der Waals surface area contributed by atoms with Gasteiger partial charge in [0.25, 0.3) is 0 Å². The van der Waals surface area contributed by atoms with Gasteiger partial charge >= 0.3 is 0 Å². The minimum Gasteiger partial charge on any atom is -0.493 e. The summed E-state index contributed by atoms with van der Waals surface area (Å²) in [6.45, 7) is 2.11. The maximum Gasteiger partial charge on any atom is 0.165 e. The maximum absolute atomic E-state index is 13.8. The van der Waals surface area contributed by atoms with Crippen molar-refractivity contribution in [1.29, 1.82) is 0 Å². The van der Waals surface area contributed by atoms with E-state index in [1.54, 1.807) is 0 Å². The van der Waals surface area contributed by atoms with E-state index in [9.17, 15) is 9.18 Å². The second-order valence-corrected chi connectivity index (χ2v) is 4.42. The molecular formula is C15H21FO3. The molecule has 0 spiro atoms. The Labute approximate surface area is 113 Å². The topological polar surface area (TPSA) is 35.5 Å². The fourth-order valence-electron chi connectivity index (χ4n) is 1.91. The van der Waals surface area contributed by atoms with Crippen LogP contribution in [-0.2, 0) is 0 Å².